The van der Waals surface area contributed by atoms with Crippen LogP contribution in [0.1, 0.15) is 41.5 Å². The molecule has 0 bridgehead atoms. The van der Waals surface area contributed by atoms with Crippen molar-refractivity contribution in [3.05, 3.63) is 55.7 Å². The predicted octanol–water partition coefficient (Wildman–Crippen LogP) is 5.07. The number of aryl methyl sites for hydroxylation is 1. The average Bonchev–Trinajstić information content (AvgIpc) is 2.68. The van der Waals surface area contributed by atoms with Crippen LogP contribution in [0.2, 0.25) is 0 Å². The molecule has 0 saturated heterocycles. The highest BCUT2D eigenvalue weighted by Gasteiger charge is 2.13. The number of rotatable bonds is 4. The van der Waals surface area contributed by atoms with Crippen LogP contribution in [0.15, 0.2) is 34.1 Å². The van der Waals surface area contributed by atoms with Crippen LogP contribution in [0.25, 0.3) is 0 Å². The van der Waals surface area contributed by atoms with Gasteiger partial charge in [0.25, 0.3) is 0 Å². The molecular formula is C16H20BrNS. The molecule has 1 aromatic heterocycles. The molecule has 3 heteroatoms. The van der Waals surface area contributed by atoms with Crippen molar-refractivity contribution < 1.29 is 0 Å². The fourth-order valence-corrected chi connectivity index (χ4v) is 3.79. The molecule has 0 aliphatic carbocycles. The molecule has 0 aliphatic heterocycles. The average molecular weight is 338 g/mol. The van der Waals surface area contributed by atoms with E-state index in [-0.39, 0.29) is 6.04 Å². The monoisotopic (exact) mass is 337 g/mol. The van der Waals surface area contributed by atoms with Crippen LogP contribution in [-0.4, -0.2) is 0 Å². The lowest BCUT2D eigenvalue weighted by atomic mass is 9.98. The lowest BCUT2D eigenvalue weighted by Crippen LogP contribution is -2.10. The SMILES string of the molecule is Cc1cc(C(N)c2cccc(CC(C)C)c2)sc1Br. The van der Waals surface area contributed by atoms with Gasteiger partial charge in [-0.15, -0.1) is 11.3 Å². The first-order valence-electron chi connectivity index (χ1n) is 6.57. The minimum Gasteiger partial charge on any atom is -0.320 e. The summed E-state index contributed by atoms with van der Waals surface area (Å²) in [6.45, 7) is 6.59. The minimum absolute atomic E-state index is 0.0258. The van der Waals surface area contributed by atoms with Gasteiger partial charge in [-0.05, 0) is 57.9 Å². The third-order valence-electron chi connectivity index (χ3n) is 3.14. The summed E-state index contributed by atoms with van der Waals surface area (Å²) in [7, 11) is 0. The third kappa shape index (κ3) is 3.68. The molecule has 0 spiro atoms. The van der Waals surface area contributed by atoms with E-state index in [1.807, 2.05) is 0 Å². The predicted molar refractivity (Wildman–Crippen MR) is 87.8 cm³/mol. The van der Waals surface area contributed by atoms with Gasteiger partial charge in [-0.25, -0.2) is 0 Å². The van der Waals surface area contributed by atoms with E-state index in [9.17, 15) is 0 Å². The highest BCUT2D eigenvalue weighted by Crippen LogP contribution is 2.33. The Hall–Kier alpha value is -0.640. The highest BCUT2D eigenvalue weighted by atomic mass is 79.9. The molecule has 0 aliphatic rings. The molecule has 2 aromatic rings. The number of hydrogen-bond acceptors (Lipinski definition) is 2. The van der Waals surface area contributed by atoms with E-state index < -0.39 is 0 Å². The van der Waals surface area contributed by atoms with Crippen LogP contribution in [0, 0.1) is 12.8 Å². The quantitative estimate of drug-likeness (QED) is 0.828. The van der Waals surface area contributed by atoms with E-state index >= 15 is 0 Å². The van der Waals surface area contributed by atoms with Gasteiger partial charge in [0.05, 0.1) is 9.83 Å². The van der Waals surface area contributed by atoms with Crippen molar-refractivity contribution >= 4 is 27.3 Å². The maximum atomic E-state index is 6.39. The lowest BCUT2D eigenvalue weighted by Gasteiger charge is -2.12. The van der Waals surface area contributed by atoms with Crippen LogP contribution >= 0.6 is 27.3 Å². The smallest absolute Gasteiger partial charge is 0.0731 e. The number of nitrogens with two attached hydrogens (primary N) is 1. The molecule has 1 heterocycles. The molecule has 1 unspecified atom stereocenters. The largest absolute Gasteiger partial charge is 0.320 e. The van der Waals surface area contributed by atoms with Gasteiger partial charge in [-0.2, -0.15) is 0 Å². The molecule has 19 heavy (non-hydrogen) atoms. The van der Waals surface area contributed by atoms with Gasteiger partial charge in [-0.1, -0.05) is 38.1 Å². The Morgan fingerprint density at radius 1 is 1.26 bits per heavy atom. The molecule has 1 aromatic carbocycles. The second-order valence-corrected chi connectivity index (χ2v) is 7.83. The highest BCUT2D eigenvalue weighted by molar-refractivity contribution is 9.11. The molecule has 102 valence electrons. The zero-order valence-electron chi connectivity index (χ0n) is 11.6. The molecule has 1 atom stereocenters. The van der Waals surface area contributed by atoms with E-state index in [0.717, 1.165) is 6.42 Å². The van der Waals surface area contributed by atoms with E-state index in [1.165, 1.54) is 25.4 Å². The van der Waals surface area contributed by atoms with Crippen LogP contribution in [0.4, 0.5) is 0 Å². The minimum atomic E-state index is -0.0258. The normalized spacial score (nSPS) is 12.9. The summed E-state index contributed by atoms with van der Waals surface area (Å²) in [5.74, 6) is 0.671. The summed E-state index contributed by atoms with van der Waals surface area (Å²) in [6.07, 6.45) is 1.10. The van der Waals surface area contributed by atoms with E-state index in [0.29, 0.717) is 5.92 Å². The second kappa shape index (κ2) is 6.21. The van der Waals surface area contributed by atoms with Gasteiger partial charge in [0, 0.05) is 4.88 Å². The Balaban J connectivity index is 2.25. The van der Waals surface area contributed by atoms with Gasteiger partial charge in [0.1, 0.15) is 0 Å². The summed E-state index contributed by atoms with van der Waals surface area (Å²) in [5, 5.41) is 0. The Bertz CT molecular complexity index is 540. The van der Waals surface area contributed by atoms with E-state index in [2.05, 4.69) is 67.0 Å². The fraction of sp³-hybridized carbons (Fsp3) is 0.375. The van der Waals surface area contributed by atoms with E-state index in [4.69, 9.17) is 5.73 Å². The summed E-state index contributed by atoms with van der Waals surface area (Å²) in [4.78, 5) is 1.21. The van der Waals surface area contributed by atoms with E-state index in [1.54, 1.807) is 11.3 Å². The lowest BCUT2D eigenvalue weighted by molar-refractivity contribution is 0.646. The first kappa shape index (κ1) is 14.8. The van der Waals surface area contributed by atoms with Crippen LogP contribution in [-0.2, 0) is 6.42 Å². The molecule has 2 N–H and O–H groups in total. The molecule has 0 amide bonds. The van der Waals surface area contributed by atoms with Gasteiger partial charge in [-0.3, -0.25) is 0 Å². The van der Waals surface area contributed by atoms with Crippen LogP contribution in [0.3, 0.4) is 0 Å². The molecular weight excluding hydrogens is 318 g/mol. The number of benzene rings is 1. The Morgan fingerprint density at radius 2 is 2.00 bits per heavy atom. The van der Waals surface area contributed by atoms with Crippen molar-refractivity contribution in [3.63, 3.8) is 0 Å². The van der Waals surface area contributed by atoms with Crippen molar-refractivity contribution in [2.75, 3.05) is 0 Å². The third-order valence-corrected chi connectivity index (χ3v) is 5.36. The topological polar surface area (TPSA) is 26.0 Å². The molecule has 0 fully saturated rings. The standard InChI is InChI=1S/C16H20BrNS/c1-10(2)7-12-5-4-6-13(9-12)15(18)14-8-11(3)16(17)19-14/h4-6,8-10,15H,7,18H2,1-3H3. The number of halogens is 1. The summed E-state index contributed by atoms with van der Waals surface area (Å²) in [6, 6.07) is 10.8. The maximum Gasteiger partial charge on any atom is 0.0731 e. The van der Waals surface area contributed by atoms with Gasteiger partial charge >= 0.3 is 0 Å². The maximum absolute atomic E-state index is 6.39. The van der Waals surface area contributed by atoms with Crippen molar-refractivity contribution in [2.45, 2.75) is 33.2 Å². The Morgan fingerprint density at radius 3 is 2.58 bits per heavy atom. The Labute approximate surface area is 128 Å². The zero-order valence-corrected chi connectivity index (χ0v) is 14.0. The molecule has 0 radical (unpaired) electrons. The van der Waals surface area contributed by atoms with Crippen molar-refractivity contribution in [3.8, 4) is 0 Å². The van der Waals surface area contributed by atoms with Gasteiger partial charge < -0.3 is 5.73 Å². The molecule has 1 nitrogen and oxygen atoms in total. The van der Waals surface area contributed by atoms with Gasteiger partial charge in [0.15, 0.2) is 0 Å². The first-order chi connectivity index (χ1) is 8.97. The van der Waals surface area contributed by atoms with Crippen LogP contribution < -0.4 is 5.73 Å². The Kier molecular flexibility index (Phi) is 4.82. The molecule has 2 rings (SSSR count). The van der Waals surface area contributed by atoms with Crippen molar-refractivity contribution in [1.29, 1.82) is 0 Å². The van der Waals surface area contributed by atoms with Crippen LogP contribution in [0.5, 0.6) is 0 Å². The summed E-state index contributed by atoms with van der Waals surface area (Å²) >= 11 is 5.30. The first-order valence-corrected chi connectivity index (χ1v) is 8.18. The molecule has 0 saturated carbocycles. The summed E-state index contributed by atoms with van der Waals surface area (Å²) in [5.41, 5.74) is 10.2. The fourth-order valence-electron chi connectivity index (χ4n) is 2.19. The number of thiophene rings is 1. The zero-order chi connectivity index (χ0) is 14.0. The van der Waals surface area contributed by atoms with Crippen molar-refractivity contribution in [1.82, 2.24) is 0 Å². The summed E-state index contributed by atoms with van der Waals surface area (Å²) < 4.78 is 1.18. The van der Waals surface area contributed by atoms with Crippen molar-refractivity contribution in [2.24, 2.45) is 11.7 Å². The number of hydrogen-bond donors (Lipinski definition) is 1. The second-order valence-electron chi connectivity index (χ2n) is 5.43. The van der Waals surface area contributed by atoms with Gasteiger partial charge in [0.2, 0.25) is 0 Å².